The van der Waals surface area contributed by atoms with E-state index in [1.807, 2.05) is 19.1 Å². The summed E-state index contributed by atoms with van der Waals surface area (Å²) in [5.74, 6) is 0.824. The fourth-order valence-electron chi connectivity index (χ4n) is 0.826. The molecule has 2 nitrogen and oxygen atoms in total. The van der Waals surface area contributed by atoms with Crippen LogP contribution in [-0.2, 0) is 11.2 Å². The second kappa shape index (κ2) is 3.76. The molecule has 0 aliphatic rings. The summed E-state index contributed by atoms with van der Waals surface area (Å²) in [4.78, 5) is 10.4. The Bertz CT molecular complexity index is 245. The van der Waals surface area contributed by atoms with E-state index in [0.717, 1.165) is 17.6 Å². The molecule has 2 heteroatoms. The Balaban J connectivity index is 2.62. The number of furan rings is 1. The summed E-state index contributed by atoms with van der Waals surface area (Å²) in [5.41, 5.74) is 0.750. The molecule has 0 saturated carbocycles. The van der Waals surface area contributed by atoms with Gasteiger partial charge in [-0.2, -0.15) is 0 Å². The van der Waals surface area contributed by atoms with E-state index in [1.165, 1.54) is 0 Å². The number of hydrogen-bond acceptors (Lipinski definition) is 2. The highest BCUT2D eigenvalue weighted by atomic mass is 16.3. The smallest absolute Gasteiger partial charge is 0.146 e. The largest absolute Gasteiger partial charge is 0.469 e. The zero-order valence-corrected chi connectivity index (χ0v) is 6.41. The lowest BCUT2D eigenvalue weighted by molar-refractivity contribution is -0.105. The molecule has 0 saturated heterocycles. The van der Waals surface area contributed by atoms with Crippen LogP contribution in [0.1, 0.15) is 12.7 Å². The molecule has 1 rings (SSSR count). The van der Waals surface area contributed by atoms with Gasteiger partial charge in [0, 0.05) is 6.42 Å². The predicted molar refractivity (Wildman–Crippen MR) is 42.2 cm³/mol. The zero-order chi connectivity index (χ0) is 8.10. The third-order valence-electron chi connectivity index (χ3n) is 1.48. The topological polar surface area (TPSA) is 30.2 Å². The molecule has 0 aliphatic heterocycles. The Morgan fingerprint density at radius 1 is 1.73 bits per heavy atom. The first-order chi connectivity index (χ1) is 5.36. The van der Waals surface area contributed by atoms with Crippen molar-refractivity contribution in [3.8, 4) is 0 Å². The molecule has 58 valence electrons. The monoisotopic (exact) mass is 150 g/mol. The van der Waals surface area contributed by atoms with E-state index in [2.05, 4.69) is 0 Å². The van der Waals surface area contributed by atoms with Crippen LogP contribution in [0, 0.1) is 0 Å². The quantitative estimate of drug-likeness (QED) is 0.487. The Labute approximate surface area is 65.5 Å². The molecule has 1 aromatic heterocycles. The van der Waals surface area contributed by atoms with Gasteiger partial charge in [0.15, 0.2) is 0 Å². The van der Waals surface area contributed by atoms with Gasteiger partial charge in [-0.05, 0) is 24.6 Å². The highest BCUT2D eigenvalue weighted by Gasteiger charge is 1.98. The van der Waals surface area contributed by atoms with Gasteiger partial charge in [-0.15, -0.1) is 0 Å². The second-order valence-electron chi connectivity index (χ2n) is 2.24. The minimum atomic E-state index is 0.590. The Kier molecular flexibility index (Phi) is 2.66. The molecule has 0 aliphatic carbocycles. The molecule has 1 aromatic rings. The maximum Gasteiger partial charge on any atom is 0.146 e. The van der Waals surface area contributed by atoms with Crippen LogP contribution in [0.4, 0.5) is 0 Å². The van der Waals surface area contributed by atoms with Crippen molar-refractivity contribution in [2.24, 2.45) is 0 Å². The lowest BCUT2D eigenvalue weighted by Crippen LogP contribution is -1.88. The normalized spacial score (nSPS) is 11.5. The molecule has 0 aromatic carbocycles. The van der Waals surface area contributed by atoms with Gasteiger partial charge in [0.1, 0.15) is 12.0 Å². The first-order valence-corrected chi connectivity index (χ1v) is 3.49. The van der Waals surface area contributed by atoms with Crippen molar-refractivity contribution in [3.63, 3.8) is 0 Å². The summed E-state index contributed by atoms with van der Waals surface area (Å²) >= 11 is 0. The van der Waals surface area contributed by atoms with Crippen LogP contribution in [0.15, 0.2) is 34.5 Å². The molecule has 0 radical (unpaired) electrons. The standard InChI is InChI=1S/C9H10O2/c1-2-8(7-10)6-9-4-3-5-11-9/h2-5,7H,6H2,1H3/b8-2+. The summed E-state index contributed by atoms with van der Waals surface area (Å²) in [6.07, 6.45) is 4.83. The second-order valence-corrected chi connectivity index (χ2v) is 2.24. The molecule has 0 atom stereocenters. The van der Waals surface area contributed by atoms with Crippen molar-refractivity contribution >= 4 is 6.29 Å². The van der Waals surface area contributed by atoms with E-state index >= 15 is 0 Å². The van der Waals surface area contributed by atoms with Gasteiger partial charge in [-0.1, -0.05) is 6.08 Å². The van der Waals surface area contributed by atoms with Gasteiger partial charge in [-0.25, -0.2) is 0 Å². The van der Waals surface area contributed by atoms with Crippen molar-refractivity contribution in [1.82, 2.24) is 0 Å². The SMILES string of the molecule is C/C=C(/C=O)Cc1ccco1. The molecule has 0 spiro atoms. The van der Waals surface area contributed by atoms with Crippen molar-refractivity contribution in [2.75, 3.05) is 0 Å². The molecule has 0 bridgehead atoms. The van der Waals surface area contributed by atoms with Crippen LogP contribution < -0.4 is 0 Å². The van der Waals surface area contributed by atoms with Gasteiger partial charge in [-0.3, -0.25) is 4.79 Å². The predicted octanol–water partition coefficient (Wildman–Crippen LogP) is 1.97. The average Bonchev–Trinajstić information content (AvgIpc) is 2.52. The molecule has 1 heterocycles. The van der Waals surface area contributed by atoms with E-state index < -0.39 is 0 Å². The number of allylic oxidation sites excluding steroid dienone is 2. The van der Waals surface area contributed by atoms with Gasteiger partial charge in [0.05, 0.1) is 6.26 Å². The Hall–Kier alpha value is -1.31. The van der Waals surface area contributed by atoms with Crippen LogP contribution in [-0.4, -0.2) is 6.29 Å². The maximum atomic E-state index is 10.4. The minimum Gasteiger partial charge on any atom is -0.469 e. The zero-order valence-electron chi connectivity index (χ0n) is 6.41. The van der Waals surface area contributed by atoms with Crippen molar-refractivity contribution in [2.45, 2.75) is 13.3 Å². The molecular formula is C9H10O2. The number of rotatable bonds is 3. The maximum absolute atomic E-state index is 10.4. The third-order valence-corrected chi connectivity index (χ3v) is 1.48. The Morgan fingerprint density at radius 3 is 3.00 bits per heavy atom. The first-order valence-electron chi connectivity index (χ1n) is 3.49. The first kappa shape index (κ1) is 7.79. The number of carbonyl (C=O) groups excluding carboxylic acids is 1. The minimum absolute atomic E-state index is 0.590. The van der Waals surface area contributed by atoms with E-state index in [4.69, 9.17) is 4.42 Å². The number of hydrogen-bond donors (Lipinski definition) is 0. The van der Waals surface area contributed by atoms with Gasteiger partial charge >= 0.3 is 0 Å². The van der Waals surface area contributed by atoms with Crippen LogP contribution in [0.3, 0.4) is 0 Å². The van der Waals surface area contributed by atoms with Crippen molar-refractivity contribution in [3.05, 3.63) is 35.8 Å². The van der Waals surface area contributed by atoms with E-state index in [9.17, 15) is 4.79 Å². The fourth-order valence-corrected chi connectivity index (χ4v) is 0.826. The highest BCUT2D eigenvalue weighted by Crippen LogP contribution is 2.06. The van der Waals surface area contributed by atoms with Crippen LogP contribution in [0.2, 0.25) is 0 Å². The summed E-state index contributed by atoms with van der Waals surface area (Å²) in [6, 6.07) is 3.67. The number of aldehydes is 1. The lowest BCUT2D eigenvalue weighted by Gasteiger charge is -1.92. The molecular weight excluding hydrogens is 140 g/mol. The third kappa shape index (κ3) is 2.08. The van der Waals surface area contributed by atoms with Gasteiger partial charge < -0.3 is 4.42 Å². The van der Waals surface area contributed by atoms with Crippen molar-refractivity contribution in [1.29, 1.82) is 0 Å². The fraction of sp³-hybridized carbons (Fsp3) is 0.222. The summed E-state index contributed by atoms with van der Waals surface area (Å²) < 4.78 is 5.07. The summed E-state index contributed by atoms with van der Waals surface area (Å²) in [5, 5.41) is 0. The van der Waals surface area contributed by atoms with Crippen LogP contribution >= 0.6 is 0 Å². The molecule has 0 N–H and O–H groups in total. The van der Waals surface area contributed by atoms with E-state index in [1.54, 1.807) is 12.3 Å². The lowest BCUT2D eigenvalue weighted by atomic mass is 10.2. The molecule has 0 unspecified atom stereocenters. The van der Waals surface area contributed by atoms with Crippen molar-refractivity contribution < 1.29 is 9.21 Å². The highest BCUT2D eigenvalue weighted by molar-refractivity contribution is 5.73. The Morgan fingerprint density at radius 2 is 2.55 bits per heavy atom. The average molecular weight is 150 g/mol. The number of carbonyl (C=O) groups is 1. The summed E-state index contributed by atoms with van der Waals surface area (Å²) in [6.45, 7) is 1.84. The van der Waals surface area contributed by atoms with E-state index in [0.29, 0.717) is 6.42 Å². The molecule has 0 amide bonds. The molecule has 0 fully saturated rings. The molecule has 11 heavy (non-hydrogen) atoms. The van der Waals surface area contributed by atoms with Gasteiger partial charge in [0.2, 0.25) is 0 Å². The van der Waals surface area contributed by atoms with Crippen LogP contribution in [0.5, 0.6) is 0 Å². The van der Waals surface area contributed by atoms with Gasteiger partial charge in [0.25, 0.3) is 0 Å². The summed E-state index contributed by atoms with van der Waals surface area (Å²) in [7, 11) is 0. The van der Waals surface area contributed by atoms with E-state index in [-0.39, 0.29) is 0 Å². The van der Waals surface area contributed by atoms with Crippen LogP contribution in [0.25, 0.3) is 0 Å².